The number of amides is 1. The fourth-order valence-corrected chi connectivity index (χ4v) is 5.14. The van der Waals surface area contributed by atoms with Gasteiger partial charge in [0, 0.05) is 19.2 Å². The molecule has 1 unspecified atom stereocenters. The molecule has 1 aliphatic heterocycles. The van der Waals surface area contributed by atoms with Crippen LogP contribution in [-0.4, -0.2) is 58.6 Å². The van der Waals surface area contributed by atoms with Gasteiger partial charge >= 0.3 is 0 Å². The summed E-state index contributed by atoms with van der Waals surface area (Å²) >= 11 is 0. The Balaban J connectivity index is 1.55. The third-order valence-corrected chi connectivity index (χ3v) is 7.14. The van der Waals surface area contributed by atoms with Crippen molar-refractivity contribution in [1.82, 2.24) is 9.62 Å². The van der Waals surface area contributed by atoms with Crippen molar-refractivity contribution in [3.63, 3.8) is 0 Å². The van der Waals surface area contributed by atoms with Crippen molar-refractivity contribution in [3.05, 3.63) is 48.0 Å². The van der Waals surface area contributed by atoms with E-state index in [1.54, 1.807) is 36.4 Å². The highest BCUT2D eigenvalue weighted by atomic mass is 32.2. The molecule has 2 aromatic carbocycles. The fraction of sp³-hybridized carbons (Fsp3) is 0.480. The zero-order chi connectivity index (χ0) is 24.6. The van der Waals surface area contributed by atoms with Gasteiger partial charge in [0.05, 0.1) is 30.3 Å². The molecule has 34 heavy (non-hydrogen) atoms. The molecule has 186 valence electrons. The molecule has 1 aliphatic rings. The van der Waals surface area contributed by atoms with Gasteiger partial charge in [0.15, 0.2) is 0 Å². The lowest BCUT2D eigenvalue weighted by atomic mass is 9.98. The quantitative estimate of drug-likeness (QED) is 0.502. The van der Waals surface area contributed by atoms with Gasteiger partial charge in [-0.2, -0.15) is 0 Å². The van der Waals surface area contributed by atoms with Crippen molar-refractivity contribution in [2.75, 3.05) is 44.7 Å². The van der Waals surface area contributed by atoms with Crippen LogP contribution in [0.25, 0.3) is 0 Å². The molecule has 0 bridgehead atoms. The number of benzene rings is 2. The summed E-state index contributed by atoms with van der Waals surface area (Å²) in [7, 11) is -3.55. The minimum atomic E-state index is -3.55. The van der Waals surface area contributed by atoms with Crippen LogP contribution in [0.4, 0.5) is 5.69 Å². The van der Waals surface area contributed by atoms with Crippen molar-refractivity contribution >= 4 is 21.6 Å². The number of carbonyl (C=O) groups excluding carboxylic acids is 1. The minimum Gasteiger partial charge on any atom is -0.494 e. The smallest absolute Gasteiger partial charge is 0.240 e. The molecule has 9 heteroatoms. The highest BCUT2D eigenvalue weighted by molar-refractivity contribution is 7.89. The summed E-state index contributed by atoms with van der Waals surface area (Å²) in [5.74, 6) is 1.26. The number of hydrogen-bond donors (Lipinski definition) is 2. The summed E-state index contributed by atoms with van der Waals surface area (Å²) in [6.45, 7) is 8.76. The molecule has 1 amide bonds. The summed E-state index contributed by atoms with van der Waals surface area (Å²) in [6.07, 6.45) is 1.83. The van der Waals surface area contributed by atoms with E-state index >= 15 is 0 Å². The summed E-state index contributed by atoms with van der Waals surface area (Å²) in [6, 6.07) is 12.2. The van der Waals surface area contributed by atoms with E-state index in [1.807, 2.05) is 26.8 Å². The van der Waals surface area contributed by atoms with Crippen molar-refractivity contribution < 1.29 is 22.7 Å². The van der Waals surface area contributed by atoms with E-state index in [0.29, 0.717) is 43.5 Å². The van der Waals surface area contributed by atoms with E-state index in [4.69, 9.17) is 9.47 Å². The Hall–Kier alpha value is -2.62. The van der Waals surface area contributed by atoms with Crippen molar-refractivity contribution in [2.24, 2.45) is 5.92 Å². The van der Waals surface area contributed by atoms with Crippen LogP contribution in [0, 0.1) is 12.8 Å². The monoisotopic (exact) mass is 489 g/mol. The lowest BCUT2D eigenvalue weighted by Gasteiger charge is -2.32. The van der Waals surface area contributed by atoms with Crippen molar-refractivity contribution in [1.29, 1.82) is 0 Å². The van der Waals surface area contributed by atoms with Crippen LogP contribution in [0.2, 0.25) is 0 Å². The Morgan fingerprint density at radius 3 is 2.53 bits per heavy atom. The predicted molar refractivity (Wildman–Crippen MR) is 133 cm³/mol. The lowest BCUT2D eigenvalue weighted by molar-refractivity contribution is -0.117. The van der Waals surface area contributed by atoms with E-state index in [0.717, 1.165) is 24.9 Å². The van der Waals surface area contributed by atoms with Gasteiger partial charge in [0.1, 0.15) is 11.5 Å². The third-order valence-electron chi connectivity index (χ3n) is 5.70. The maximum atomic E-state index is 12.8. The highest BCUT2D eigenvalue weighted by Gasteiger charge is 2.24. The van der Waals surface area contributed by atoms with E-state index < -0.39 is 10.0 Å². The Bertz CT molecular complexity index is 1060. The Morgan fingerprint density at radius 2 is 1.82 bits per heavy atom. The fourth-order valence-electron chi connectivity index (χ4n) is 4.03. The molecule has 0 radical (unpaired) electrons. The normalized spacial score (nSPS) is 16.7. The second-order valence-corrected chi connectivity index (χ2v) is 10.2. The van der Waals surface area contributed by atoms with Crippen LogP contribution in [-0.2, 0) is 14.8 Å². The van der Waals surface area contributed by atoms with Crippen molar-refractivity contribution in [2.45, 2.75) is 38.5 Å². The lowest BCUT2D eigenvalue weighted by Crippen LogP contribution is -2.43. The summed E-state index contributed by atoms with van der Waals surface area (Å²) in [5.41, 5.74) is 1.59. The first-order valence-electron chi connectivity index (χ1n) is 11.8. The molecule has 2 N–H and O–H groups in total. The maximum Gasteiger partial charge on any atom is 0.240 e. The van der Waals surface area contributed by atoms with Crippen LogP contribution in [0.15, 0.2) is 47.4 Å². The molecule has 8 nitrogen and oxygen atoms in total. The molecule has 3 rings (SSSR count). The molecule has 0 spiro atoms. The zero-order valence-corrected chi connectivity index (χ0v) is 21.0. The number of hydrogen-bond acceptors (Lipinski definition) is 6. The molecule has 2 aromatic rings. The second kappa shape index (κ2) is 12.2. The summed E-state index contributed by atoms with van der Waals surface area (Å²) in [4.78, 5) is 15.1. The van der Waals surface area contributed by atoms with Gasteiger partial charge in [0.25, 0.3) is 0 Å². The number of piperidine rings is 1. The van der Waals surface area contributed by atoms with Gasteiger partial charge < -0.3 is 14.8 Å². The van der Waals surface area contributed by atoms with Gasteiger partial charge in [-0.3, -0.25) is 9.69 Å². The number of aryl methyl sites for hydroxylation is 1. The van der Waals surface area contributed by atoms with Crippen molar-refractivity contribution in [3.8, 4) is 11.5 Å². The SMILES string of the molecule is CCOc1ccc(OCC)c(NC(=O)CN2CCCC(CNS(=O)(=O)c3ccc(C)cc3)C2)c1. The largest absolute Gasteiger partial charge is 0.494 e. The Kier molecular flexibility index (Phi) is 9.32. The molecule has 0 aliphatic carbocycles. The average molecular weight is 490 g/mol. The number of rotatable bonds is 11. The first kappa shape index (κ1) is 26.0. The molecule has 1 heterocycles. The second-order valence-electron chi connectivity index (χ2n) is 8.48. The minimum absolute atomic E-state index is 0.141. The number of nitrogens with zero attached hydrogens (tertiary/aromatic N) is 1. The molecule has 1 fully saturated rings. The predicted octanol–water partition coefficient (Wildman–Crippen LogP) is 3.42. The topological polar surface area (TPSA) is 97.0 Å². The molecular weight excluding hydrogens is 454 g/mol. The maximum absolute atomic E-state index is 12.8. The van der Waals surface area contributed by atoms with Crippen LogP contribution < -0.4 is 19.5 Å². The molecule has 0 saturated carbocycles. The molecule has 0 aromatic heterocycles. The summed E-state index contributed by atoms with van der Waals surface area (Å²) in [5, 5.41) is 2.94. The van der Waals surface area contributed by atoms with E-state index in [-0.39, 0.29) is 23.3 Å². The van der Waals surface area contributed by atoms with E-state index in [2.05, 4.69) is 14.9 Å². The number of carbonyl (C=O) groups is 1. The standard InChI is InChI=1S/C25H35N3O5S/c1-4-32-21-10-13-24(33-5-2)23(15-21)27-25(29)18-28-14-6-7-20(17-28)16-26-34(30,31)22-11-8-19(3)9-12-22/h8-13,15,20,26H,4-7,14,16-18H2,1-3H3,(H,27,29). The average Bonchev–Trinajstić information content (AvgIpc) is 2.80. The van der Waals surface area contributed by atoms with Gasteiger partial charge in [-0.15, -0.1) is 0 Å². The number of sulfonamides is 1. The van der Waals surface area contributed by atoms with E-state index in [1.165, 1.54) is 0 Å². The highest BCUT2D eigenvalue weighted by Crippen LogP contribution is 2.29. The van der Waals surface area contributed by atoms with Gasteiger partial charge in [-0.05, 0) is 70.3 Å². The van der Waals surface area contributed by atoms with Gasteiger partial charge in [0.2, 0.25) is 15.9 Å². The van der Waals surface area contributed by atoms with Crippen LogP contribution >= 0.6 is 0 Å². The van der Waals surface area contributed by atoms with Crippen LogP contribution in [0.5, 0.6) is 11.5 Å². The number of nitrogens with one attached hydrogen (secondary N) is 2. The summed E-state index contributed by atoms with van der Waals surface area (Å²) < 4.78 is 39.1. The van der Waals surface area contributed by atoms with Crippen LogP contribution in [0.3, 0.4) is 0 Å². The first-order chi connectivity index (χ1) is 16.3. The number of ether oxygens (including phenoxy) is 2. The van der Waals surface area contributed by atoms with Crippen LogP contribution in [0.1, 0.15) is 32.3 Å². The molecule has 1 atom stereocenters. The van der Waals surface area contributed by atoms with Gasteiger partial charge in [-0.1, -0.05) is 17.7 Å². The zero-order valence-electron chi connectivity index (χ0n) is 20.2. The molecule has 1 saturated heterocycles. The molecular formula is C25H35N3O5S. The third kappa shape index (κ3) is 7.44. The Morgan fingerprint density at radius 1 is 1.09 bits per heavy atom. The first-order valence-corrected chi connectivity index (χ1v) is 13.3. The number of anilines is 1. The number of likely N-dealkylation sites (tertiary alicyclic amines) is 1. The van der Waals surface area contributed by atoms with Gasteiger partial charge in [-0.25, -0.2) is 13.1 Å². The Labute approximate surface area is 202 Å². The van der Waals surface area contributed by atoms with E-state index in [9.17, 15) is 13.2 Å².